The number of carbonyl (C=O) groups excluding carboxylic acids is 2. The summed E-state index contributed by atoms with van der Waals surface area (Å²) in [4.78, 5) is 28.2. The second-order valence-corrected chi connectivity index (χ2v) is 10.1. The summed E-state index contributed by atoms with van der Waals surface area (Å²) in [5.41, 5.74) is -3.56. The van der Waals surface area contributed by atoms with Crippen molar-refractivity contribution in [3.8, 4) is 5.75 Å². The highest BCUT2D eigenvalue weighted by atomic mass is 19.4. The van der Waals surface area contributed by atoms with Gasteiger partial charge in [-0.2, -0.15) is 26.3 Å². The van der Waals surface area contributed by atoms with Crippen molar-refractivity contribution in [3.63, 3.8) is 0 Å². The van der Waals surface area contributed by atoms with Gasteiger partial charge < -0.3 is 14.4 Å². The molecule has 1 saturated carbocycles. The van der Waals surface area contributed by atoms with E-state index < -0.39 is 65.9 Å². The molecule has 230 valence electrons. The van der Waals surface area contributed by atoms with E-state index in [1.54, 1.807) is 6.92 Å². The first-order chi connectivity index (χ1) is 19.4. The van der Waals surface area contributed by atoms with Gasteiger partial charge in [0.1, 0.15) is 11.9 Å². The summed E-state index contributed by atoms with van der Waals surface area (Å²) in [5.74, 6) is -1.21. The highest BCUT2D eigenvalue weighted by molar-refractivity contribution is 5.96. The third kappa shape index (κ3) is 6.70. The van der Waals surface area contributed by atoms with Crippen LogP contribution in [-0.2, 0) is 28.4 Å². The molecule has 1 heterocycles. The fraction of sp³-hybridized carbons (Fsp3) is 0.481. The van der Waals surface area contributed by atoms with Crippen LogP contribution in [-0.4, -0.2) is 35.8 Å². The van der Waals surface area contributed by atoms with Crippen LogP contribution in [0.3, 0.4) is 0 Å². The summed E-state index contributed by atoms with van der Waals surface area (Å²) < 4.78 is 129. The molecule has 2 aliphatic rings. The van der Waals surface area contributed by atoms with Gasteiger partial charge in [-0.25, -0.2) is 4.79 Å². The van der Waals surface area contributed by atoms with E-state index in [9.17, 15) is 49.1 Å². The molecular weight excluding hydrogens is 587 g/mol. The lowest BCUT2D eigenvalue weighted by Gasteiger charge is -2.33. The molecule has 2 atom stereocenters. The Hall–Kier alpha value is -3.65. The molecule has 1 saturated heterocycles. The Labute approximate surface area is 234 Å². The monoisotopic (exact) mass is 612 g/mol. The fourth-order valence-electron chi connectivity index (χ4n) is 4.96. The Morgan fingerprint density at radius 3 is 2.05 bits per heavy atom. The van der Waals surface area contributed by atoms with Crippen LogP contribution in [0.2, 0.25) is 0 Å². The zero-order valence-electron chi connectivity index (χ0n) is 22.2. The number of carbonyl (C=O) groups is 2. The first kappa shape index (κ1) is 31.3. The molecule has 4 rings (SSSR count). The van der Waals surface area contributed by atoms with Crippen molar-refractivity contribution in [2.24, 2.45) is 5.92 Å². The summed E-state index contributed by atoms with van der Waals surface area (Å²) in [6, 6.07) is 2.89. The zero-order valence-corrected chi connectivity index (χ0v) is 22.2. The fourth-order valence-corrected chi connectivity index (χ4v) is 4.96. The Morgan fingerprint density at radius 1 is 0.976 bits per heavy atom. The molecule has 0 spiro atoms. The van der Waals surface area contributed by atoms with Crippen LogP contribution in [0.4, 0.5) is 50.0 Å². The molecule has 6 nitrogen and oxygen atoms in total. The Bertz CT molecular complexity index is 1300. The van der Waals surface area contributed by atoms with E-state index in [0.717, 1.165) is 23.5 Å². The van der Waals surface area contributed by atoms with Gasteiger partial charge in [-0.3, -0.25) is 9.69 Å². The molecule has 42 heavy (non-hydrogen) atoms. The molecule has 2 fully saturated rings. The van der Waals surface area contributed by atoms with Crippen molar-refractivity contribution < 1.29 is 58.6 Å². The predicted molar refractivity (Wildman–Crippen MR) is 129 cm³/mol. The number of nitrogens with zero attached hydrogens (tertiary/aromatic N) is 2. The van der Waals surface area contributed by atoms with Gasteiger partial charge in [0.05, 0.1) is 23.7 Å². The highest BCUT2D eigenvalue weighted by Gasteiger charge is 2.44. The first-order valence-electron chi connectivity index (χ1n) is 12.9. The first-order valence-corrected chi connectivity index (χ1v) is 12.9. The maximum Gasteiger partial charge on any atom is 0.573 e. The van der Waals surface area contributed by atoms with E-state index in [2.05, 4.69) is 4.74 Å². The molecular formula is C27H25F9N2O4. The van der Waals surface area contributed by atoms with E-state index in [1.807, 2.05) is 0 Å². The molecule has 2 amide bonds. The van der Waals surface area contributed by atoms with E-state index in [-0.39, 0.29) is 35.7 Å². The summed E-state index contributed by atoms with van der Waals surface area (Å²) in [6.07, 6.45) is -15.9. The van der Waals surface area contributed by atoms with Gasteiger partial charge in [0, 0.05) is 18.2 Å². The molecule has 0 bridgehead atoms. The van der Waals surface area contributed by atoms with Gasteiger partial charge in [0.15, 0.2) is 0 Å². The van der Waals surface area contributed by atoms with Gasteiger partial charge in [-0.05, 0) is 74.2 Å². The zero-order chi connectivity index (χ0) is 31.2. The van der Waals surface area contributed by atoms with E-state index in [4.69, 9.17) is 4.74 Å². The maximum atomic E-state index is 13.4. The minimum Gasteiger partial charge on any atom is -0.439 e. The summed E-state index contributed by atoms with van der Waals surface area (Å²) >= 11 is 0. The number of hydrogen-bond donors (Lipinski definition) is 0. The van der Waals surface area contributed by atoms with Gasteiger partial charge in [-0.1, -0.05) is 6.42 Å². The molecule has 1 unspecified atom stereocenters. The Kier molecular flexibility index (Phi) is 8.35. The van der Waals surface area contributed by atoms with Gasteiger partial charge in [0.25, 0.3) is 0 Å². The van der Waals surface area contributed by atoms with Gasteiger partial charge in [0.2, 0.25) is 5.91 Å². The normalized spacial score (nSPS) is 19.9. The average molecular weight is 612 g/mol. The average Bonchev–Trinajstić information content (AvgIpc) is 3.10. The van der Waals surface area contributed by atoms with Crippen molar-refractivity contribution in [2.45, 2.75) is 70.5 Å². The molecule has 15 heteroatoms. The molecule has 0 aromatic heterocycles. The van der Waals surface area contributed by atoms with Crippen LogP contribution in [0.15, 0.2) is 36.4 Å². The number of amides is 2. The smallest absolute Gasteiger partial charge is 0.439 e. The third-order valence-electron chi connectivity index (χ3n) is 7.28. The number of ether oxygens (including phenoxy) is 2. The highest BCUT2D eigenvalue weighted by Crippen LogP contribution is 2.42. The molecule has 1 aliphatic carbocycles. The van der Waals surface area contributed by atoms with Crippen molar-refractivity contribution in [2.75, 3.05) is 11.4 Å². The molecule has 1 aliphatic heterocycles. The third-order valence-corrected chi connectivity index (χ3v) is 7.28. The molecule has 0 radical (unpaired) electrons. The van der Waals surface area contributed by atoms with Crippen molar-refractivity contribution in [3.05, 3.63) is 58.7 Å². The number of hydrogen-bond acceptors (Lipinski definition) is 4. The minimum absolute atomic E-state index is 0.0238. The lowest BCUT2D eigenvalue weighted by atomic mass is 9.84. The van der Waals surface area contributed by atoms with E-state index in [1.165, 1.54) is 17.9 Å². The SMILES string of the molecule is CCN(C(=O)C1CCC1)c1ccc(OC(F)(F)F)cc1CN1C(=O)OC(c2cc(C(F)(F)F)cc(C(F)(F)F)c2)[C@@H]1C. The lowest BCUT2D eigenvalue weighted by Crippen LogP contribution is -2.40. The van der Waals surface area contributed by atoms with Crippen LogP contribution in [0.5, 0.6) is 5.75 Å². The predicted octanol–water partition coefficient (Wildman–Crippen LogP) is 7.86. The topological polar surface area (TPSA) is 59.1 Å². The van der Waals surface area contributed by atoms with Crippen LogP contribution in [0.25, 0.3) is 0 Å². The van der Waals surface area contributed by atoms with Gasteiger partial charge in [-0.15, -0.1) is 13.2 Å². The van der Waals surface area contributed by atoms with Crippen LogP contribution in [0.1, 0.15) is 61.5 Å². The van der Waals surface area contributed by atoms with Crippen LogP contribution >= 0.6 is 0 Å². The second kappa shape index (κ2) is 11.2. The summed E-state index contributed by atoms with van der Waals surface area (Å²) in [5, 5.41) is 0. The standard InChI is InChI=1S/C27H25F9N2O4/c1-3-37(23(39)15-5-4-6-15)21-8-7-20(42-27(34,35)36)11-17(21)13-38-14(2)22(41-24(38)40)16-9-18(25(28,29)30)12-19(10-16)26(31,32)33/h7-12,14-15,22H,3-6,13H2,1-2H3/t14-,22?/m0/s1. The van der Waals surface area contributed by atoms with Crippen molar-refractivity contribution in [1.29, 1.82) is 0 Å². The molecule has 0 N–H and O–H groups in total. The lowest BCUT2D eigenvalue weighted by molar-refractivity contribution is -0.274. The maximum absolute atomic E-state index is 13.4. The largest absolute Gasteiger partial charge is 0.573 e. The summed E-state index contributed by atoms with van der Waals surface area (Å²) in [7, 11) is 0. The number of anilines is 1. The molecule has 2 aromatic rings. The number of alkyl halides is 9. The quantitative estimate of drug-likeness (QED) is 0.299. The minimum atomic E-state index is -5.13. The second-order valence-electron chi connectivity index (χ2n) is 10.1. The van der Waals surface area contributed by atoms with Crippen LogP contribution in [0, 0.1) is 5.92 Å². The number of rotatable bonds is 7. The van der Waals surface area contributed by atoms with Crippen molar-refractivity contribution in [1.82, 2.24) is 4.90 Å². The summed E-state index contributed by atoms with van der Waals surface area (Å²) in [6.45, 7) is 2.61. The van der Waals surface area contributed by atoms with Crippen molar-refractivity contribution >= 4 is 17.7 Å². The van der Waals surface area contributed by atoms with Crippen LogP contribution < -0.4 is 9.64 Å². The number of benzene rings is 2. The molecule has 2 aromatic carbocycles. The Morgan fingerprint density at radius 2 is 1.57 bits per heavy atom. The number of cyclic esters (lactones) is 1. The van der Waals surface area contributed by atoms with E-state index in [0.29, 0.717) is 25.0 Å². The van der Waals surface area contributed by atoms with E-state index >= 15 is 0 Å². The Balaban J connectivity index is 1.71. The number of halogens is 9. The van der Waals surface area contributed by atoms with Gasteiger partial charge >= 0.3 is 24.8 Å².